The van der Waals surface area contributed by atoms with Crippen molar-refractivity contribution in [2.75, 3.05) is 0 Å². The summed E-state index contributed by atoms with van der Waals surface area (Å²) in [5.41, 5.74) is 0.929. The Morgan fingerprint density at radius 3 is 2.76 bits per heavy atom. The van der Waals surface area contributed by atoms with Crippen molar-refractivity contribution < 1.29 is 18.8 Å². The van der Waals surface area contributed by atoms with Crippen molar-refractivity contribution in [1.82, 2.24) is 10.5 Å². The number of nitrogens with zero attached hydrogens (tertiary/aromatic N) is 1. The van der Waals surface area contributed by atoms with Gasteiger partial charge in [0.2, 0.25) is 0 Å². The van der Waals surface area contributed by atoms with Crippen molar-refractivity contribution in [2.24, 2.45) is 0 Å². The van der Waals surface area contributed by atoms with Gasteiger partial charge in [-0.25, -0.2) is 4.39 Å². The molecule has 2 aromatic rings. The molecule has 1 aliphatic rings. The van der Waals surface area contributed by atoms with E-state index in [4.69, 9.17) is 9.26 Å². The first-order valence-corrected chi connectivity index (χ1v) is 8.82. The van der Waals surface area contributed by atoms with Gasteiger partial charge in [-0.1, -0.05) is 19.0 Å². The van der Waals surface area contributed by atoms with Crippen molar-refractivity contribution in [3.63, 3.8) is 0 Å². The summed E-state index contributed by atoms with van der Waals surface area (Å²) < 4.78 is 24.2. The van der Waals surface area contributed by atoms with Crippen LogP contribution in [0.3, 0.4) is 0 Å². The van der Waals surface area contributed by atoms with Gasteiger partial charge in [0.1, 0.15) is 23.8 Å². The number of rotatable bonds is 6. The highest BCUT2D eigenvalue weighted by atomic mass is 19.1. The Morgan fingerprint density at radius 2 is 2.08 bits per heavy atom. The van der Waals surface area contributed by atoms with Crippen molar-refractivity contribution in [1.29, 1.82) is 0 Å². The van der Waals surface area contributed by atoms with Crippen LogP contribution in [-0.2, 0) is 6.54 Å². The van der Waals surface area contributed by atoms with Crippen molar-refractivity contribution in [2.45, 2.75) is 63.8 Å². The first kappa shape index (κ1) is 17.9. The first-order chi connectivity index (χ1) is 12.0. The number of ether oxygens (including phenoxy) is 1. The summed E-state index contributed by atoms with van der Waals surface area (Å²) in [4.78, 5) is 0. The van der Waals surface area contributed by atoms with Crippen LogP contribution >= 0.6 is 0 Å². The van der Waals surface area contributed by atoms with Crippen LogP contribution in [0.15, 0.2) is 34.9 Å². The third-order valence-corrected chi connectivity index (χ3v) is 4.61. The van der Waals surface area contributed by atoms with E-state index in [0.29, 0.717) is 18.2 Å². The SMILES string of the molecule is CC(C)c1cc(CN[C@H]2CCC[C@@H](Oc3ccc(F)cc3)[C@@H]2O)on1. The fourth-order valence-corrected chi connectivity index (χ4v) is 3.10. The van der Waals surface area contributed by atoms with Gasteiger partial charge in [-0.05, 0) is 49.4 Å². The van der Waals surface area contributed by atoms with E-state index < -0.39 is 6.10 Å². The molecule has 6 heteroatoms. The summed E-state index contributed by atoms with van der Waals surface area (Å²) >= 11 is 0. The maximum atomic E-state index is 13.0. The molecule has 0 unspecified atom stereocenters. The molecule has 1 aliphatic carbocycles. The van der Waals surface area contributed by atoms with Crippen LogP contribution in [0.25, 0.3) is 0 Å². The minimum Gasteiger partial charge on any atom is -0.488 e. The Bertz CT molecular complexity index is 672. The monoisotopic (exact) mass is 348 g/mol. The van der Waals surface area contributed by atoms with E-state index in [-0.39, 0.29) is 18.0 Å². The summed E-state index contributed by atoms with van der Waals surface area (Å²) in [6.07, 6.45) is 1.66. The Morgan fingerprint density at radius 1 is 1.32 bits per heavy atom. The lowest BCUT2D eigenvalue weighted by atomic mass is 9.89. The van der Waals surface area contributed by atoms with Crippen LogP contribution in [0.1, 0.15) is 50.5 Å². The van der Waals surface area contributed by atoms with Crippen LogP contribution in [0.4, 0.5) is 4.39 Å². The number of aliphatic hydroxyl groups is 1. The van der Waals surface area contributed by atoms with Crippen LogP contribution in [0.2, 0.25) is 0 Å². The normalized spacial score (nSPS) is 23.8. The van der Waals surface area contributed by atoms with E-state index in [1.807, 2.05) is 6.07 Å². The fourth-order valence-electron chi connectivity index (χ4n) is 3.10. The number of hydrogen-bond acceptors (Lipinski definition) is 5. The number of benzene rings is 1. The Kier molecular flexibility index (Phi) is 5.71. The molecule has 3 rings (SSSR count). The smallest absolute Gasteiger partial charge is 0.150 e. The van der Waals surface area contributed by atoms with Gasteiger partial charge in [-0.2, -0.15) is 0 Å². The molecular weight excluding hydrogens is 323 g/mol. The molecule has 1 saturated carbocycles. The van der Waals surface area contributed by atoms with Gasteiger partial charge >= 0.3 is 0 Å². The molecule has 5 nitrogen and oxygen atoms in total. The molecule has 3 atom stereocenters. The molecule has 136 valence electrons. The van der Waals surface area contributed by atoms with E-state index in [1.165, 1.54) is 12.1 Å². The van der Waals surface area contributed by atoms with Crippen molar-refractivity contribution in [3.8, 4) is 5.75 Å². The molecule has 1 heterocycles. The van der Waals surface area contributed by atoms with Gasteiger partial charge < -0.3 is 19.7 Å². The maximum Gasteiger partial charge on any atom is 0.150 e. The van der Waals surface area contributed by atoms with Gasteiger partial charge in [0.15, 0.2) is 5.76 Å². The highest BCUT2D eigenvalue weighted by Gasteiger charge is 2.33. The molecule has 2 N–H and O–H groups in total. The lowest BCUT2D eigenvalue weighted by molar-refractivity contribution is -0.0162. The third kappa shape index (κ3) is 4.58. The Labute approximate surface area is 147 Å². The molecule has 1 aromatic carbocycles. The van der Waals surface area contributed by atoms with Crippen molar-refractivity contribution in [3.05, 3.63) is 47.6 Å². The zero-order valence-corrected chi connectivity index (χ0v) is 14.6. The van der Waals surface area contributed by atoms with E-state index in [1.54, 1.807) is 12.1 Å². The second-order valence-electron chi connectivity index (χ2n) is 6.89. The Balaban J connectivity index is 1.55. The Hall–Kier alpha value is -1.92. The third-order valence-electron chi connectivity index (χ3n) is 4.61. The van der Waals surface area contributed by atoms with Gasteiger partial charge in [-0.3, -0.25) is 0 Å². The molecule has 1 aromatic heterocycles. The number of hydrogen-bond donors (Lipinski definition) is 2. The second kappa shape index (κ2) is 7.97. The van der Waals surface area contributed by atoms with Gasteiger partial charge in [0.25, 0.3) is 0 Å². The highest BCUT2D eigenvalue weighted by Crippen LogP contribution is 2.25. The number of halogens is 1. The molecule has 0 saturated heterocycles. The number of nitrogens with one attached hydrogen (secondary N) is 1. The average molecular weight is 348 g/mol. The van der Waals surface area contributed by atoms with Crippen LogP contribution in [-0.4, -0.2) is 28.5 Å². The van der Waals surface area contributed by atoms with Crippen LogP contribution in [0, 0.1) is 5.82 Å². The van der Waals surface area contributed by atoms with Gasteiger partial charge in [-0.15, -0.1) is 0 Å². The fraction of sp³-hybridized carbons (Fsp3) is 0.526. The summed E-state index contributed by atoms with van der Waals surface area (Å²) in [6.45, 7) is 4.65. The molecule has 0 spiro atoms. The van der Waals surface area contributed by atoms with Gasteiger partial charge in [0, 0.05) is 12.1 Å². The van der Waals surface area contributed by atoms with E-state index in [9.17, 15) is 9.50 Å². The predicted molar refractivity (Wildman–Crippen MR) is 91.9 cm³/mol. The largest absolute Gasteiger partial charge is 0.488 e. The van der Waals surface area contributed by atoms with E-state index in [2.05, 4.69) is 24.3 Å². The second-order valence-corrected chi connectivity index (χ2v) is 6.89. The summed E-state index contributed by atoms with van der Waals surface area (Å²) in [5, 5.41) is 18.0. The summed E-state index contributed by atoms with van der Waals surface area (Å²) in [6, 6.07) is 7.75. The lowest BCUT2D eigenvalue weighted by Gasteiger charge is -2.35. The van der Waals surface area contributed by atoms with E-state index >= 15 is 0 Å². The average Bonchev–Trinajstić information content (AvgIpc) is 3.07. The molecule has 0 amide bonds. The quantitative estimate of drug-likeness (QED) is 0.838. The highest BCUT2D eigenvalue weighted by molar-refractivity contribution is 5.22. The lowest BCUT2D eigenvalue weighted by Crippen LogP contribution is -2.50. The van der Waals surface area contributed by atoms with Crippen LogP contribution < -0.4 is 10.1 Å². The minimum atomic E-state index is -0.633. The summed E-state index contributed by atoms with van der Waals surface area (Å²) in [7, 11) is 0. The zero-order valence-electron chi connectivity index (χ0n) is 14.6. The molecule has 25 heavy (non-hydrogen) atoms. The molecular formula is C19H25FN2O3. The van der Waals surface area contributed by atoms with Crippen LogP contribution in [0.5, 0.6) is 5.75 Å². The molecule has 0 aliphatic heterocycles. The molecule has 0 radical (unpaired) electrons. The number of aromatic nitrogens is 1. The minimum absolute atomic E-state index is 0.0770. The van der Waals surface area contributed by atoms with Crippen molar-refractivity contribution >= 4 is 0 Å². The summed E-state index contributed by atoms with van der Waals surface area (Å²) in [5.74, 6) is 1.36. The number of aliphatic hydroxyl groups excluding tert-OH is 1. The predicted octanol–water partition coefficient (Wildman–Crippen LogP) is 3.39. The standard InChI is InChI=1S/C19H25FN2O3/c1-12(2)17-10-15(25-22-17)11-21-16-4-3-5-18(19(16)23)24-14-8-6-13(20)7-9-14/h6-10,12,16,18-19,21,23H,3-5,11H2,1-2H3/t16-,18+,19+/m0/s1. The van der Waals surface area contributed by atoms with Gasteiger partial charge in [0.05, 0.1) is 12.2 Å². The zero-order chi connectivity index (χ0) is 17.8. The molecule has 0 bridgehead atoms. The maximum absolute atomic E-state index is 13.0. The van der Waals surface area contributed by atoms with E-state index in [0.717, 1.165) is 30.7 Å². The first-order valence-electron chi connectivity index (χ1n) is 8.82. The topological polar surface area (TPSA) is 67.5 Å². The molecule has 1 fully saturated rings.